The van der Waals surface area contributed by atoms with Gasteiger partial charge in [0, 0.05) is 16.1 Å². The Bertz CT molecular complexity index is 881. The van der Waals surface area contributed by atoms with Gasteiger partial charge in [0.1, 0.15) is 0 Å². The van der Waals surface area contributed by atoms with E-state index in [1.807, 2.05) is 42.5 Å². The smallest absolute Gasteiger partial charge is 0.265 e. The van der Waals surface area contributed by atoms with Crippen molar-refractivity contribution in [1.29, 1.82) is 0 Å². The molecule has 2 N–H and O–H groups in total. The summed E-state index contributed by atoms with van der Waals surface area (Å²) in [6.45, 7) is 0. The molecule has 5 heteroatoms. The fourth-order valence-corrected chi connectivity index (χ4v) is 3.55. The van der Waals surface area contributed by atoms with Gasteiger partial charge in [0.2, 0.25) is 5.91 Å². The standard InChI is InChI=1S/C17H12N2O2S/c20-16-9-11-7-12(5-6-13(11)19-16)18-17(21)15-8-10-3-1-2-4-14(10)22-15/h1-8H,9H2,(H,18,21)(H,19,20). The third-order valence-corrected chi connectivity index (χ3v) is 4.75. The summed E-state index contributed by atoms with van der Waals surface area (Å²) in [6, 6.07) is 15.3. The Hall–Kier alpha value is -2.66. The quantitative estimate of drug-likeness (QED) is 0.759. The van der Waals surface area contributed by atoms with Crippen molar-refractivity contribution in [3.63, 3.8) is 0 Å². The van der Waals surface area contributed by atoms with Crippen LogP contribution in [0.5, 0.6) is 0 Å². The van der Waals surface area contributed by atoms with E-state index in [-0.39, 0.29) is 11.8 Å². The Morgan fingerprint density at radius 3 is 2.86 bits per heavy atom. The highest BCUT2D eigenvalue weighted by Crippen LogP contribution is 2.28. The first-order valence-electron chi connectivity index (χ1n) is 6.92. The summed E-state index contributed by atoms with van der Waals surface area (Å²) < 4.78 is 1.09. The molecule has 4 nitrogen and oxygen atoms in total. The third-order valence-electron chi connectivity index (χ3n) is 3.64. The van der Waals surface area contributed by atoms with Crippen LogP contribution in [0.15, 0.2) is 48.5 Å². The van der Waals surface area contributed by atoms with Crippen LogP contribution in [0.4, 0.5) is 11.4 Å². The van der Waals surface area contributed by atoms with E-state index in [0.29, 0.717) is 17.0 Å². The van der Waals surface area contributed by atoms with Gasteiger partial charge in [0.25, 0.3) is 5.91 Å². The van der Waals surface area contributed by atoms with Crippen LogP contribution in [0.1, 0.15) is 15.2 Å². The SMILES string of the molecule is O=C1Cc2cc(NC(=O)c3cc4ccccc4s3)ccc2N1. The van der Waals surface area contributed by atoms with E-state index in [1.165, 1.54) is 11.3 Å². The monoisotopic (exact) mass is 308 g/mol. The molecule has 3 aromatic rings. The second kappa shape index (κ2) is 4.96. The maximum Gasteiger partial charge on any atom is 0.265 e. The molecule has 0 saturated carbocycles. The fraction of sp³-hybridized carbons (Fsp3) is 0.0588. The zero-order valence-corrected chi connectivity index (χ0v) is 12.4. The number of thiophene rings is 1. The molecular weight excluding hydrogens is 296 g/mol. The van der Waals surface area contributed by atoms with Crippen molar-refractivity contribution < 1.29 is 9.59 Å². The van der Waals surface area contributed by atoms with Crippen LogP contribution in [0.3, 0.4) is 0 Å². The molecule has 1 aliphatic heterocycles. The molecule has 2 aromatic carbocycles. The molecule has 2 amide bonds. The van der Waals surface area contributed by atoms with Crippen molar-refractivity contribution in [3.05, 3.63) is 59.0 Å². The molecular formula is C17H12N2O2S. The van der Waals surface area contributed by atoms with Gasteiger partial charge in [-0.2, -0.15) is 0 Å². The molecule has 0 fully saturated rings. The molecule has 0 spiro atoms. The summed E-state index contributed by atoms with van der Waals surface area (Å²) in [4.78, 5) is 24.4. The van der Waals surface area contributed by atoms with Crippen LogP contribution in [-0.4, -0.2) is 11.8 Å². The summed E-state index contributed by atoms with van der Waals surface area (Å²) >= 11 is 1.47. The van der Waals surface area contributed by atoms with E-state index in [1.54, 1.807) is 6.07 Å². The predicted octanol–water partition coefficient (Wildman–Crippen LogP) is 3.65. The first kappa shape index (κ1) is 13.0. The number of hydrogen-bond acceptors (Lipinski definition) is 3. The van der Waals surface area contributed by atoms with Gasteiger partial charge in [-0.1, -0.05) is 18.2 Å². The van der Waals surface area contributed by atoms with Crippen molar-refractivity contribution in [2.75, 3.05) is 10.6 Å². The largest absolute Gasteiger partial charge is 0.326 e. The van der Waals surface area contributed by atoms with Gasteiger partial charge >= 0.3 is 0 Å². The van der Waals surface area contributed by atoms with E-state index in [0.717, 1.165) is 21.3 Å². The van der Waals surface area contributed by atoms with Crippen molar-refractivity contribution in [3.8, 4) is 0 Å². The van der Waals surface area contributed by atoms with Gasteiger partial charge < -0.3 is 10.6 Å². The third kappa shape index (κ3) is 2.25. The van der Waals surface area contributed by atoms with Gasteiger partial charge in [-0.15, -0.1) is 11.3 Å². The number of nitrogens with one attached hydrogen (secondary N) is 2. The molecule has 1 aromatic heterocycles. The minimum Gasteiger partial charge on any atom is -0.326 e. The lowest BCUT2D eigenvalue weighted by Crippen LogP contribution is -2.10. The van der Waals surface area contributed by atoms with Gasteiger partial charge in [-0.05, 0) is 41.3 Å². The fourth-order valence-electron chi connectivity index (χ4n) is 2.59. The number of amides is 2. The zero-order chi connectivity index (χ0) is 15.1. The average Bonchev–Trinajstić information content (AvgIpc) is 3.08. The van der Waals surface area contributed by atoms with Crippen LogP contribution in [0.2, 0.25) is 0 Å². The van der Waals surface area contributed by atoms with E-state index in [4.69, 9.17) is 0 Å². The van der Waals surface area contributed by atoms with E-state index < -0.39 is 0 Å². The lowest BCUT2D eigenvalue weighted by atomic mass is 10.1. The molecule has 1 aliphatic rings. The van der Waals surface area contributed by atoms with Crippen molar-refractivity contribution in [1.82, 2.24) is 0 Å². The molecule has 0 bridgehead atoms. The summed E-state index contributed by atoms with van der Waals surface area (Å²) in [5.41, 5.74) is 2.45. The minimum atomic E-state index is -0.126. The average molecular weight is 308 g/mol. The first-order valence-corrected chi connectivity index (χ1v) is 7.73. The Kier molecular flexibility index (Phi) is 2.94. The number of carbonyl (C=O) groups excluding carboxylic acids is 2. The topological polar surface area (TPSA) is 58.2 Å². The number of anilines is 2. The predicted molar refractivity (Wildman–Crippen MR) is 88.6 cm³/mol. The van der Waals surface area contributed by atoms with Crippen LogP contribution in [0, 0.1) is 0 Å². The maximum absolute atomic E-state index is 12.4. The van der Waals surface area contributed by atoms with E-state index in [9.17, 15) is 9.59 Å². The summed E-state index contributed by atoms with van der Waals surface area (Å²) in [5.74, 6) is -0.138. The molecule has 4 rings (SSSR count). The normalized spacial score (nSPS) is 13.0. The van der Waals surface area contributed by atoms with Crippen LogP contribution >= 0.6 is 11.3 Å². The Morgan fingerprint density at radius 1 is 1.14 bits per heavy atom. The van der Waals surface area contributed by atoms with Crippen LogP contribution < -0.4 is 10.6 Å². The van der Waals surface area contributed by atoms with Crippen molar-refractivity contribution in [2.24, 2.45) is 0 Å². The molecule has 2 heterocycles. The Morgan fingerprint density at radius 2 is 2.00 bits per heavy atom. The molecule has 0 aliphatic carbocycles. The first-order chi connectivity index (χ1) is 10.7. The summed E-state index contributed by atoms with van der Waals surface area (Å²) in [7, 11) is 0. The van der Waals surface area contributed by atoms with Crippen LogP contribution in [-0.2, 0) is 11.2 Å². The molecule has 0 saturated heterocycles. The van der Waals surface area contributed by atoms with Crippen molar-refractivity contribution >= 4 is 44.6 Å². The zero-order valence-electron chi connectivity index (χ0n) is 11.6. The second-order valence-corrected chi connectivity index (χ2v) is 6.28. The van der Waals surface area contributed by atoms with Crippen molar-refractivity contribution in [2.45, 2.75) is 6.42 Å². The van der Waals surface area contributed by atoms with Gasteiger partial charge in [0.05, 0.1) is 11.3 Å². The number of fused-ring (bicyclic) bond motifs is 2. The highest BCUT2D eigenvalue weighted by Gasteiger charge is 2.18. The second-order valence-electron chi connectivity index (χ2n) is 5.20. The molecule has 22 heavy (non-hydrogen) atoms. The highest BCUT2D eigenvalue weighted by molar-refractivity contribution is 7.20. The summed E-state index contributed by atoms with van der Waals surface area (Å²) in [5, 5.41) is 6.74. The number of rotatable bonds is 2. The van der Waals surface area contributed by atoms with Crippen LogP contribution in [0.25, 0.3) is 10.1 Å². The maximum atomic E-state index is 12.4. The molecule has 0 atom stereocenters. The molecule has 0 unspecified atom stereocenters. The lowest BCUT2D eigenvalue weighted by molar-refractivity contribution is -0.115. The van der Waals surface area contributed by atoms with E-state index in [2.05, 4.69) is 10.6 Å². The Labute approximate surface area is 130 Å². The van der Waals surface area contributed by atoms with E-state index >= 15 is 0 Å². The number of hydrogen-bond donors (Lipinski definition) is 2. The minimum absolute atomic E-state index is 0.0111. The highest BCUT2D eigenvalue weighted by atomic mass is 32.1. The Balaban J connectivity index is 1.59. The summed E-state index contributed by atoms with van der Waals surface area (Å²) in [6.07, 6.45) is 0.363. The van der Waals surface area contributed by atoms with Gasteiger partial charge in [-0.3, -0.25) is 9.59 Å². The van der Waals surface area contributed by atoms with Gasteiger partial charge in [-0.25, -0.2) is 0 Å². The molecule has 0 radical (unpaired) electrons. The van der Waals surface area contributed by atoms with Gasteiger partial charge in [0.15, 0.2) is 0 Å². The molecule has 108 valence electrons. The number of carbonyl (C=O) groups is 2. The number of benzene rings is 2. The lowest BCUT2D eigenvalue weighted by Gasteiger charge is -2.05.